The van der Waals surface area contributed by atoms with Crippen LogP contribution in [0.15, 0.2) is 54.3 Å². The number of benzene rings is 1. The SMILES string of the molecule is COC1=CC(C)C(S(=O)(=O)N(Cc2ccccc2)C(C)CS)C=C1. The van der Waals surface area contributed by atoms with Gasteiger partial charge in [0, 0.05) is 18.3 Å². The molecule has 3 unspecified atom stereocenters. The molecule has 2 rings (SSSR count). The summed E-state index contributed by atoms with van der Waals surface area (Å²) in [6.07, 6.45) is 5.31. The molecule has 0 bridgehead atoms. The molecule has 0 spiro atoms. The Bertz CT molecular complexity index is 698. The number of ether oxygens (including phenoxy) is 1. The van der Waals surface area contributed by atoms with Crippen molar-refractivity contribution in [2.24, 2.45) is 5.92 Å². The summed E-state index contributed by atoms with van der Waals surface area (Å²) in [5, 5.41) is -0.595. The van der Waals surface area contributed by atoms with E-state index in [-0.39, 0.29) is 12.0 Å². The Labute approximate surface area is 150 Å². The fourth-order valence-corrected chi connectivity index (χ4v) is 5.21. The first kappa shape index (κ1) is 19.1. The van der Waals surface area contributed by atoms with E-state index in [1.807, 2.05) is 50.3 Å². The summed E-state index contributed by atoms with van der Waals surface area (Å²) in [6, 6.07) is 9.46. The summed E-state index contributed by atoms with van der Waals surface area (Å²) < 4.78 is 33.3. The molecule has 0 saturated heterocycles. The number of hydrogen-bond acceptors (Lipinski definition) is 4. The molecule has 0 radical (unpaired) electrons. The van der Waals surface area contributed by atoms with Crippen LogP contribution in [0.4, 0.5) is 0 Å². The Morgan fingerprint density at radius 1 is 1.29 bits per heavy atom. The first-order chi connectivity index (χ1) is 11.4. The van der Waals surface area contributed by atoms with Crippen molar-refractivity contribution in [1.29, 1.82) is 0 Å². The van der Waals surface area contributed by atoms with E-state index in [0.29, 0.717) is 18.1 Å². The van der Waals surface area contributed by atoms with Gasteiger partial charge < -0.3 is 4.74 Å². The molecule has 132 valence electrons. The molecule has 0 N–H and O–H groups in total. The van der Waals surface area contributed by atoms with Gasteiger partial charge in [-0.2, -0.15) is 16.9 Å². The molecular weight excluding hydrogens is 342 g/mol. The monoisotopic (exact) mass is 367 g/mol. The van der Waals surface area contributed by atoms with Crippen LogP contribution in [-0.4, -0.2) is 36.9 Å². The number of methoxy groups -OCH3 is 1. The highest BCUT2D eigenvalue weighted by Crippen LogP contribution is 2.28. The molecule has 0 heterocycles. The zero-order valence-corrected chi connectivity index (χ0v) is 16.0. The van der Waals surface area contributed by atoms with Gasteiger partial charge in [0.2, 0.25) is 10.0 Å². The van der Waals surface area contributed by atoms with Crippen LogP contribution in [0.2, 0.25) is 0 Å². The van der Waals surface area contributed by atoms with E-state index in [9.17, 15) is 8.42 Å². The zero-order chi connectivity index (χ0) is 17.7. The Morgan fingerprint density at radius 3 is 2.50 bits per heavy atom. The molecule has 1 aromatic carbocycles. The summed E-state index contributed by atoms with van der Waals surface area (Å²) in [6.45, 7) is 4.14. The highest BCUT2D eigenvalue weighted by atomic mass is 32.2. The largest absolute Gasteiger partial charge is 0.497 e. The Hall–Kier alpha value is -1.24. The van der Waals surface area contributed by atoms with Crippen molar-refractivity contribution in [2.45, 2.75) is 31.7 Å². The molecule has 0 aliphatic heterocycles. The predicted octanol–water partition coefficient (Wildman–Crippen LogP) is 3.24. The number of allylic oxidation sites excluding steroid dienone is 2. The Morgan fingerprint density at radius 2 is 1.96 bits per heavy atom. The first-order valence-corrected chi connectivity index (χ1v) is 10.1. The van der Waals surface area contributed by atoms with Gasteiger partial charge in [-0.1, -0.05) is 43.3 Å². The Balaban J connectivity index is 2.31. The van der Waals surface area contributed by atoms with E-state index in [1.165, 1.54) is 0 Å². The van der Waals surface area contributed by atoms with E-state index in [0.717, 1.165) is 5.56 Å². The van der Waals surface area contributed by atoms with Gasteiger partial charge in [-0.3, -0.25) is 0 Å². The molecule has 0 aromatic heterocycles. The maximum atomic E-state index is 13.3. The lowest BCUT2D eigenvalue weighted by molar-refractivity contribution is 0.299. The molecule has 0 fully saturated rings. The van der Waals surface area contributed by atoms with E-state index >= 15 is 0 Å². The first-order valence-electron chi connectivity index (χ1n) is 7.99. The van der Waals surface area contributed by atoms with Gasteiger partial charge in [0.05, 0.1) is 7.11 Å². The molecule has 6 heteroatoms. The van der Waals surface area contributed by atoms with E-state index < -0.39 is 15.3 Å². The smallest absolute Gasteiger partial charge is 0.221 e. The second-order valence-corrected chi connectivity index (χ2v) is 8.47. The van der Waals surface area contributed by atoms with Crippen LogP contribution in [0.1, 0.15) is 19.4 Å². The van der Waals surface area contributed by atoms with Gasteiger partial charge in [-0.15, -0.1) is 0 Å². The van der Waals surface area contributed by atoms with Crippen LogP contribution >= 0.6 is 12.6 Å². The second kappa shape index (κ2) is 8.23. The highest BCUT2D eigenvalue weighted by Gasteiger charge is 2.37. The molecule has 24 heavy (non-hydrogen) atoms. The molecule has 0 amide bonds. The van der Waals surface area contributed by atoms with Crippen LogP contribution in [0, 0.1) is 5.92 Å². The summed E-state index contributed by atoms with van der Waals surface area (Å²) in [4.78, 5) is 0. The van der Waals surface area contributed by atoms with Crippen molar-refractivity contribution in [3.05, 3.63) is 59.9 Å². The summed E-state index contributed by atoms with van der Waals surface area (Å²) in [5.41, 5.74) is 0.968. The lowest BCUT2D eigenvalue weighted by Crippen LogP contribution is -2.46. The maximum absolute atomic E-state index is 13.3. The van der Waals surface area contributed by atoms with Gasteiger partial charge in [0.15, 0.2) is 0 Å². The lowest BCUT2D eigenvalue weighted by Gasteiger charge is -2.33. The lowest BCUT2D eigenvalue weighted by atomic mass is 10.0. The van der Waals surface area contributed by atoms with Gasteiger partial charge in [0.25, 0.3) is 0 Å². The fraction of sp³-hybridized carbons (Fsp3) is 0.444. The average molecular weight is 368 g/mol. The topological polar surface area (TPSA) is 46.6 Å². The van der Waals surface area contributed by atoms with Crippen LogP contribution in [-0.2, 0) is 21.3 Å². The van der Waals surface area contributed by atoms with Crippen molar-refractivity contribution < 1.29 is 13.2 Å². The summed E-state index contributed by atoms with van der Waals surface area (Å²) >= 11 is 4.31. The third-order valence-electron chi connectivity index (χ3n) is 4.24. The fourth-order valence-electron chi connectivity index (χ4n) is 2.79. The molecule has 3 atom stereocenters. The van der Waals surface area contributed by atoms with Crippen LogP contribution in [0.5, 0.6) is 0 Å². The van der Waals surface area contributed by atoms with Gasteiger partial charge >= 0.3 is 0 Å². The molecule has 1 aliphatic rings. The minimum Gasteiger partial charge on any atom is -0.497 e. The van der Waals surface area contributed by atoms with Gasteiger partial charge in [0.1, 0.15) is 11.0 Å². The van der Waals surface area contributed by atoms with E-state index in [2.05, 4.69) is 12.6 Å². The van der Waals surface area contributed by atoms with E-state index in [4.69, 9.17) is 4.74 Å². The summed E-state index contributed by atoms with van der Waals surface area (Å²) in [5.74, 6) is 1.02. The van der Waals surface area contributed by atoms with Crippen LogP contribution in [0.3, 0.4) is 0 Å². The third-order valence-corrected chi connectivity index (χ3v) is 7.18. The van der Waals surface area contributed by atoms with Gasteiger partial charge in [-0.25, -0.2) is 8.42 Å². The number of sulfonamides is 1. The zero-order valence-electron chi connectivity index (χ0n) is 14.3. The minimum atomic E-state index is -3.52. The van der Waals surface area contributed by atoms with Gasteiger partial charge in [-0.05, 0) is 30.6 Å². The van der Waals surface area contributed by atoms with Crippen LogP contribution in [0.25, 0.3) is 0 Å². The van der Waals surface area contributed by atoms with Crippen molar-refractivity contribution in [3.63, 3.8) is 0 Å². The van der Waals surface area contributed by atoms with Crippen molar-refractivity contribution >= 4 is 22.7 Å². The van der Waals surface area contributed by atoms with Crippen molar-refractivity contribution in [2.75, 3.05) is 12.9 Å². The molecular formula is C18H25NO3S2. The predicted molar refractivity (Wildman–Crippen MR) is 101 cm³/mol. The minimum absolute atomic E-state index is 0.152. The molecule has 1 aliphatic carbocycles. The van der Waals surface area contributed by atoms with Crippen molar-refractivity contribution in [3.8, 4) is 0 Å². The normalized spacial score (nSPS) is 22.3. The Kier molecular flexibility index (Phi) is 6.54. The summed E-state index contributed by atoms with van der Waals surface area (Å²) in [7, 11) is -1.93. The quantitative estimate of drug-likeness (QED) is 0.753. The molecule has 4 nitrogen and oxygen atoms in total. The second-order valence-electron chi connectivity index (χ2n) is 6.06. The standard InChI is InChI=1S/C18H25NO3S2/c1-14-11-17(22-3)9-10-18(14)24(20,21)19(15(2)13-23)12-16-7-5-4-6-8-16/h4-11,14-15,18,23H,12-13H2,1-3H3. The van der Waals surface area contributed by atoms with E-state index in [1.54, 1.807) is 23.6 Å². The maximum Gasteiger partial charge on any atom is 0.221 e. The number of thiol groups is 1. The number of nitrogens with zero attached hydrogens (tertiary/aromatic N) is 1. The molecule has 0 saturated carbocycles. The third kappa shape index (κ3) is 4.23. The average Bonchev–Trinajstić information content (AvgIpc) is 2.59. The number of hydrogen-bond donors (Lipinski definition) is 1. The van der Waals surface area contributed by atoms with Crippen LogP contribution < -0.4 is 0 Å². The number of rotatable bonds is 7. The molecule has 1 aromatic rings. The highest BCUT2D eigenvalue weighted by molar-refractivity contribution is 7.90. The van der Waals surface area contributed by atoms with Crippen molar-refractivity contribution in [1.82, 2.24) is 4.31 Å².